The Morgan fingerprint density at radius 1 is 1.47 bits per heavy atom. The fourth-order valence-corrected chi connectivity index (χ4v) is 2.87. The minimum absolute atomic E-state index is 0.0905. The molecule has 19 heavy (non-hydrogen) atoms. The summed E-state index contributed by atoms with van der Waals surface area (Å²) in [6.07, 6.45) is 6.83. The van der Waals surface area contributed by atoms with Crippen molar-refractivity contribution in [1.82, 2.24) is 10.3 Å². The lowest BCUT2D eigenvalue weighted by molar-refractivity contribution is 0.0948. The Kier molecular flexibility index (Phi) is 8.09. The van der Waals surface area contributed by atoms with Crippen LogP contribution in [0.4, 0.5) is 0 Å². The largest absolute Gasteiger partial charge is 0.351 e. The van der Waals surface area contributed by atoms with Gasteiger partial charge in [0.05, 0.1) is 6.04 Å². The first-order chi connectivity index (χ1) is 9.15. The first kappa shape index (κ1) is 16.5. The van der Waals surface area contributed by atoms with E-state index >= 15 is 0 Å². The van der Waals surface area contributed by atoms with Crippen molar-refractivity contribution in [3.05, 3.63) is 16.1 Å². The van der Waals surface area contributed by atoms with Gasteiger partial charge < -0.3 is 11.1 Å². The number of nitrogens with one attached hydrogen (secondary N) is 1. The Morgan fingerprint density at radius 3 is 2.84 bits per heavy atom. The minimum Gasteiger partial charge on any atom is -0.351 e. The van der Waals surface area contributed by atoms with Gasteiger partial charge in [-0.2, -0.15) is 11.8 Å². The van der Waals surface area contributed by atoms with Crippen LogP contribution in [0.3, 0.4) is 0 Å². The molecule has 1 unspecified atom stereocenters. The Hall–Kier alpha value is -0.590. The molecule has 6 heteroatoms. The van der Waals surface area contributed by atoms with Crippen LogP contribution in [0.1, 0.15) is 54.1 Å². The molecule has 0 aromatic carbocycles. The van der Waals surface area contributed by atoms with Crippen LogP contribution >= 0.6 is 23.1 Å². The van der Waals surface area contributed by atoms with Gasteiger partial charge in [-0.15, -0.1) is 11.3 Å². The van der Waals surface area contributed by atoms with Crippen LogP contribution in [0, 0.1) is 0 Å². The van der Waals surface area contributed by atoms with Crippen molar-refractivity contribution in [3.8, 4) is 0 Å². The normalized spacial score (nSPS) is 12.4. The zero-order chi connectivity index (χ0) is 14.1. The Morgan fingerprint density at radius 2 is 2.21 bits per heavy atom. The third-order valence-corrected chi connectivity index (χ3v) is 4.45. The van der Waals surface area contributed by atoms with Gasteiger partial charge in [0.1, 0.15) is 10.7 Å². The van der Waals surface area contributed by atoms with Crippen molar-refractivity contribution in [2.24, 2.45) is 5.73 Å². The molecule has 0 spiro atoms. The maximum Gasteiger partial charge on any atom is 0.270 e. The number of amides is 1. The number of nitrogens with zero attached hydrogens (tertiary/aromatic N) is 1. The van der Waals surface area contributed by atoms with Crippen LogP contribution in [-0.4, -0.2) is 29.4 Å². The van der Waals surface area contributed by atoms with E-state index in [1.807, 2.05) is 18.7 Å². The summed E-state index contributed by atoms with van der Waals surface area (Å²) in [6, 6.07) is -0.108. The predicted octanol–water partition coefficient (Wildman–Crippen LogP) is 2.82. The highest BCUT2D eigenvalue weighted by Gasteiger charge is 2.11. The highest BCUT2D eigenvalue weighted by atomic mass is 32.2. The van der Waals surface area contributed by atoms with E-state index in [2.05, 4.69) is 16.6 Å². The highest BCUT2D eigenvalue weighted by Crippen LogP contribution is 2.15. The number of hydrogen-bond donors (Lipinski definition) is 2. The number of rotatable bonds is 9. The molecule has 1 heterocycles. The molecule has 3 N–H and O–H groups in total. The quantitative estimate of drug-likeness (QED) is 0.688. The van der Waals surface area contributed by atoms with Gasteiger partial charge in [-0.25, -0.2) is 4.98 Å². The third-order valence-electron chi connectivity index (χ3n) is 2.70. The van der Waals surface area contributed by atoms with E-state index in [4.69, 9.17) is 5.73 Å². The van der Waals surface area contributed by atoms with E-state index in [-0.39, 0.29) is 11.9 Å². The molecule has 1 aromatic rings. The van der Waals surface area contributed by atoms with E-state index in [0.29, 0.717) is 5.69 Å². The number of unbranched alkanes of at least 4 members (excludes halogenated alkanes) is 3. The first-order valence-electron chi connectivity index (χ1n) is 6.63. The number of aromatic nitrogens is 1. The smallest absolute Gasteiger partial charge is 0.270 e. The Labute approximate surface area is 123 Å². The predicted molar refractivity (Wildman–Crippen MR) is 83.9 cm³/mol. The average Bonchev–Trinajstić information content (AvgIpc) is 2.87. The van der Waals surface area contributed by atoms with Crippen molar-refractivity contribution < 1.29 is 4.79 Å². The van der Waals surface area contributed by atoms with Gasteiger partial charge in [0.15, 0.2) is 0 Å². The maximum absolute atomic E-state index is 11.8. The second kappa shape index (κ2) is 9.34. The summed E-state index contributed by atoms with van der Waals surface area (Å²) < 4.78 is 0. The molecule has 0 saturated heterocycles. The number of nitrogens with two attached hydrogens (primary N) is 1. The van der Waals surface area contributed by atoms with Crippen LogP contribution in [0.5, 0.6) is 0 Å². The molecule has 0 bridgehead atoms. The molecular formula is C13H23N3OS2. The van der Waals surface area contributed by atoms with Crippen molar-refractivity contribution >= 4 is 29.0 Å². The van der Waals surface area contributed by atoms with Crippen molar-refractivity contribution in [2.45, 2.75) is 38.6 Å². The summed E-state index contributed by atoms with van der Waals surface area (Å²) in [5.41, 5.74) is 6.21. The summed E-state index contributed by atoms with van der Waals surface area (Å²) in [4.78, 5) is 16.0. The summed E-state index contributed by atoms with van der Waals surface area (Å²) in [6.45, 7) is 2.60. The SMILES string of the molecule is CSCCCCCCNC(=O)c1csc(C(C)N)n1. The Bertz CT molecular complexity index is 380. The monoisotopic (exact) mass is 301 g/mol. The molecule has 0 aliphatic heterocycles. The molecule has 0 fully saturated rings. The summed E-state index contributed by atoms with van der Waals surface area (Å²) in [5.74, 6) is 1.14. The molecule has 1 amide bonds. The second-order valence-corrected chi connectivity index (χ2v) is 6.40. The van der Waals surface area contributed by atoms with Gasteiger partial charge >= 0.3 is 0 Å². The van der Waals surface area contributed by atoms with Gasteiger partial charge in [-0.1, -0.05) is 12.8 Å². The van der Waals surface area contributed by atoms with E-state index in [1.54, 1.807) is 5.38 Å². The molecule has 0 aliphatic carbocycles. The number of hydrogen-bond acceptors (Lipinski definition) is 5. The summed E-state index contributed by atoms with van der Waals surface area (Å²) >= 11 is 3.32. The lowest BCUT2D eigenvalue weighted by atomic mass is 10.2. The fraction of sp³-hybridized carbons (Fsp3) is 0.692. The number of carbonyl (C=O) groups is 1. The van der Waals surface area contributed by atoms with Crippen molar-refractivity contribution in [2.75, 3.05) is 18.6 Å². The molecule has 0 saturated carbocycles. The number of thiazole rings is 1. The first-order valence-corrected chi connectivity index (χ1v) is 8.90. The number of thioether (sulfide) groups is 1. The van der Waals surface area contributed by atoms with Crippen LogP contribution in [0.25, 0.3) is 0 Å². The zero-order valence-electron chi connectivity index (χ0n) is 11.6. The average molecular weight is 301 g/mol. The van der Waals surface area contributed by atoms with E-state index in [1.165, 1.54) is 36.4 Å². The van der Waals surface area contributed by atoms with Crippen LogP contribution in [0.15, 0.2) is 5.38 Å². The topological polar surface area (TPSA) is 68.0 Å². The van der Waals surface area contributed by atoms with Crippen molar-refractivity contribution in [3.63, 3.8) is 0 Å². The summed E-state index contributed by atoms with van der Waals surface area (Å²) in [7, 11) is 0. The van der Waals surface area contributed by atoms with Gasteiger partial charge in [-0.05, 0) is 31.8 Å². The fourth-order valence-electron chi connectivity index (χ4n) is 1.62. The maximum atomic E-state index is 11.8. The van der Waals surface area contributed by atoms with Gasteiger partial charge in [0.25, 0.3) is 5.91 Å². The lowest BCUT2D eigenvalue weighted by Gasteiger charge is -2.03. The van der Waals surface area contributed by atoms with E-state index in [9.17, 15) is 4.79 Å². The van der Waals surface area contributed by atoms with Gasteiger partial charge in [-0.3, -0.25) is 4.79 Å². The lowest BCUT2D eigenvalue weighted by Crippen LogP contribution is -2.24. The van der Waals surface area contributed by atoms with Crippen molar-refractivity contribution in [1.29, 1.82) is 0 Å². The standard InChI is InChI=1S/C13H23N3OS2/c1-10(14)13-16-11(9-19-13)12(17)15-7-5-3-4-6-8-18-2/h9-10H,3-8,14H2,1-2H3,(H,15,17). The molecule has 108 valence electrons. The summed E-state index contributed by atoms with van der Waals surface area (Å²) in [5, 5.41) is 5.48. The molecular weight excluding hydrogens is 278 g/mol. The zero-order valence-corrected chi connectivity index (χ0v) is 13.3. The third kappa shape index (κ3) is 6.40. The van der Waals surface area contributed by atoms with Crippen LogP contribution < -0.4 is 11.1 Å². The highest BCUT2D eigenvalue weighted by molar-refractivity contribution is 7.98. The molecule has 1 rings (SSSR count). The van der Waals surface area contributed by atoms with Crippen LogP contribution in [-0.2, 0) is 0 Å². The Balaban J connectivity index is 2.16. The molecule has 4 nitrogen and oxygen atoms in total. The van der Waals surface area contributed by atoms with Gasteiger partial charge in [0, 0.05) is 11.9 Å². The molecule has 1 aromatic heterocycles. The van der Waals surface area contributed by atoms with Gasteiger partial charge in [0.2, 0.25) is 0 Å². The molecule has 1 atom stereocenters. The molecule has 0 radical (unpaired) electrons. The molecule has 0 aliphatic rings. The van der Waals surface area contributed by atoms with Crippen LogP contribution in [0.2, 0.25) is 0 Å². The van der Waals surface area contributed by atoms with E-state index < -0.39 is 0 Å². The van der Waals surface area contributed by atoms with E-state index in [0.717, 1.165) is 18.0 Å². The number of carbonyl (C=O) groups excluding carboxylic acids is 1. The minimum atomic E-state index is -0.108. The second-order valence-electron chi connectivity index (χ2n) is 4.52.